The van der Waals surface area contributed by atoms with Crippen LogP contribution in [0.4, 0.5) is 0 Å². The van der Waals surface area contributed by atoms with Gasteiger partial charge in [-0.05, 0) is 12.5 Å². The second-order valence-corrected chi connectivity index (χ2v) is 4.94. The molecular weight excluding hydrogens is 264 g/mol. The Kier molecular flexibility index (Phi) is 3.97. The molecule has 0 aliphatic carbocycles. The van der Waals surface area contributed by atoms with E-state index in [1.165, 1.54) is 22.2 Å². The van der Waals surface area contributed by atoms with Crippen molar-refractivity contribution < 1.29 is 9.53 Å². The van der Waals surface area contributed by atoms with Gasteiger partial charge < -0.3 is 4.74 Å². The number of thiophene rings is 1. The average molecular weight is 276 g/mol. The van der Waals surface area contributed by atoms with E-state index in [9.17, 15) is 9.59 Å². The molecule has 0 saturated carbocycles. The van der Waals surface area contributed by atoms with Crippen LogP contribution in [0.1, 0.15) is 11.8 Å². The standard InChI is InChI=1S/C13H12N2O3S/c1-3-5-18-11(16)7-15-8-14-12-10(13(15)17)6-9(4-2)19-12/h1,6,8H,4-5,7H2,2H3. The normalized spacial score (nSPS) is 10.3. The minimum Gasteiger partial charge on any atom is -0.451 e. The number of esters is 1. The van der Waals surface area contributed by atoms with E-state index in [0.717, 1.165) is 11.3 Å². The average Bonchev–Trinajstić information content (AvgIpc) is 2.84. The Bertz CT molecular complexity index is 709. The number of hydrogen-bond acceptors (Lipinski definition) is 5. The van der Waals surface area contributed by atoms with Crippen molar-refractivity contribution in [2.75, 3.05) is 6.61 Å². The highest BCUT2D eigenvalue weighted by atomic mass is 32.1. The third-order valence-electron chi connectivity index (χ3n) is 2.53. The first-order valence-corrected chi connectivity index (χ1v) is 6.54. The summed E-state index contributed by atoms with van der Waals surface area (Å²) in [5.74, 6) is 1.65. The first-order chi connectivity index (χ1) is 9.15. The van der Waals surface area contributed by atoms with E-state index >= 15 is 0 Å². The zero-order chi connectivity index (χ0) is 13.8. The van der Waals surface area contributed by atoms with Crippen molar-refractivity contribution in [2.24, 2.45) is 0 Å². The molecule has 0 N–H and O–H groups in total. The largest absolute Gasteiger partial charge is 0.451 e. The molecule has 0 atom stereocenters. The van der Waals surface area contributed by atoms with E-state index in [2.05, 4.69) is 10.9 Å². The molecule has 2 aromatic rings. The molecule has 0 unspecified atom stereocenters. The predicted molar refractivity (Wildman–Crippen MR) is 73.1 cm³/mol. The van der Waals surface area contributed by atoms with E-state index in [0.29, 0.717) is 10.2 Å². The van der Waals surface area contributed by atoms with Crippen LogP contribution in [0.25, 0.3) is 10.2 Å². The molecule has 2 aromatic heterocycles. The lowest BCUT2D eigenvalue weighted by molar-refractivity contribution is -0.142. The number of aromatic nitrogens is 2. The van der Waals surface area contributed by atoms with Crippen molar-refractivity contribution in [3.8, 4) is 12.3 Å². The summed E-state index contributed by atoms with van der Waals surface area (Å²) in [7, 11) is 0. The second-order valence-electron chi connectivity index (χ2n) is 3.83. The lowest BCUT2D eigenvalue weighted by atomic mass is 10.3. The summed E-state index contributed by atoms with van der Waals surface area (Å²) >= 11 is 1.49. The fourth-order valence-corrected chi connectivity index (χ4v) is 2.53. The van der Waals surface area contributed by atoms with Gasteiger partial charge in [-0.3, -0.25) is 14.2 Å². The van der Waals surface area contributed by atoms with Crippen LogP contribution in [-0.4, -0.2) is 22.1 Å². The van der Waals surface area contributed by atoms with Gasteiger partial charge in [0.05, 0.1) is 11.7 Å². The van der Waals surface area contributed by atoms with Gasteiger partial charge in [-0.2, -0.15) is 0 Å². The van der Waals surface area contributed by atoms with Gasteiger partial charge in [0.25, 0.3) is 5.56 Å². The number of carbonyl (C=O) groups is 1. The van der Waals surface area contributed by atoms with Gasteiger partial charge in [-0.15, -0.1) is 17.8 Å². The van der Waals surface area contributed by atoms with Gasteiger partial charge >= 0.3 is 5.97 Å². The van der Waals surface area contributed by atoms with Gasteiger partial charge in [0.2, 0.25) is 0 Å². The number of rotatable bonds is 4. The predicted octanol–water partition coefficient (Wildman–Crippen LogP) is 1.20. The topological polar surface area (TPSA) is 61.2 Å². The number of hydrogen-bond donors (Lipinski definition) is 0. The molecule has 5 nitrogen and oxygen atoms in total. The van der Waals surface area contributed by atoms with Gasteiger partial charge in [0.15, 0.2) is 6.61 Å². The van der Waals surface area contributed by atoms with E-state index in [1.807, 2.05) is 13.0 Å². The third kappa shape index (κ3) is 2.83. The second kappa shape index (κ2) is 5.67. The molecule has 0 radical (unpaired) electrons. The monoisotopic (exact) mass is 276 g/mol. The van der Waals surface area contributed by atoms with Crippen LogP contribution in [0, 0.1) is 12.3 Å². The minimum atomic E-state index is -0.549. The number of nitrogens with zero attached hydrogens (tertiary/aromatic N) is 2. The van der Waals surface area contributed by atoms with E-state index in [4.69, 9.17) is 11.2 Å². The van der Waals surface area contributed by atoms with Crippen LogP contribution in [0.3, 0.4) is 0 Å². The molecule has 2 heterocycles. The Morgan fingerprint density at radius 1 is 1.63 bits per heavy atom. The van der Waals surface area contributed by atoms with Crippen molar-refractivity contribution in [3.63, 3.8) is 0 Å². The van der Waals surface area contributed by atoms with Gasteiger partial charge in [0.1, 0.15) is 11.4 Å². The van der Waals surface area contributed by atoms with Crippen LogP contribution in [0.2, 0.25) is 0 Å². The number of aryl methyl sites for hydroxylation is 1. The van der Waals surface area contributed by atoms with Crippen molar-refractivity contribution >= 4 is 27.5 Å². The number of ether oxygens (including phenoxy) is 1. The molecule has 2 rings (SSSR count). The molecule has 19 heavy (non-hydrogen) atoms. The molecule has 98 valence electrons. The van der Waals surface area contributed by atoms with Crippen LogP contribution >= 0.6 is 11.3 Å². The van der Waals surface area contributed by atoms with Crippen LogP contribution in [0.5, 0.6) is 0 Å². The highest BCUT2D eigenvalue weighted by Gasteiger charge is 2.11. The Balaban J connectivity index is 2.30. The number of terminal acetylenes is 1. The van der Waals surface area contributed by atoms with Crippen molar-refractivity contribution in [1.29, 1.82) is 0 Å². The van der Waals surface area contributed by atoms with Crippen molar-refractivity contribution in [3.05, 3.63) is 27.6 Å². The minimum absolute atomic E-state index is 0.0955. The zero-order valence-electron chi connectivity index (χ0n) is 10.4. The smallest absolute Gasteiger partial charge is 0.327 e. The Labute approximate surface area is 113 Å². The maximum atomic E-state index is 12.1. The van der Waals surface area contributed by atoms with Crippen molar-refractivity contribution in [1.82, 2.24) is 9.55 Å². The molecule has 0 spiro atoms. The molecule has 6 heteroatoms. The van der Waals surface area contributed by atoms with E-state index in [1.54, 1.807) is 0 Å². The summed E-state index contributed by atoms with van der Waals surface area (Å²) in [4.78, 5) is 29.5. The van der Waals surface area contributed by atoms with Crippen LogP contribution in [-0.2, 0) is 22.5 Å². The Morgan fingerprint density at radius 3 is 3.11 bits per heavy atom. The molecule has 0 amide bonds. The van der Waals surface area contributed by atoms with Crippen molar-refractivity contribution in [2.45, 2.75) is 19.9 Å². The lowest BCUT2D eigenvalue weighted by Gasteiger charge is -2.03. The van der Waals surface area contributed by atoms with Gasteiger partial charge in [-0.1, -0.05) is 12.8 Å². The van der Waals surface area contributed by atoms with Crippen LogP contribution < -0.4 is 5.56 Å². The van der Waals surface area contributed by atoms with Gasteiger partial charge in [0, 0.05) is 4.88 Å². The fourth-order valence-electron chi connectivity index (χ4n) is 1.60. The summed E-state index contributed by atoms with van der Waals surface area (Å²) in [6.45, 7) is 1.74. The summed E-state index contributed by atoms with van der Waals surface area (Å²) in [6, 6.07) is 1.82. The SMILES string of the molecule is C#CCOC(=O)Cn1cnc2sc(CC)cc2c1=O. The molecule has 0 fully saturated rings. The van der Waals surface area contributed by atoms with E-state index < -0.39 is 5.97 Å². The molecule has 0 aromatic carbocycles. The molecule has 0 aliphatic rings. The Morgan fingerprint density at radius 2 is 2.42 bits per heavy atom. The van der Waals surface area contributed by atoms with Crippen LogP contribution in [0.15, 0.2) is 17.2 Å². The highest BCUT2D eigenvalue weighted by Crippen LogP contribution is 2.20. The lowest BCUT2D eigenvalue weighted by Crippen LogP contribution is -2.25. The fraction of sp³-hybridized carbons (Fsp3) is 0.308. The number of fused-ring (bicyclic) bond motifs is 1. The Hall–Kier alpha value is -2.13. The zero-order valence-corrected chi connectivity index (χ0v) is 11.2. The molecular formula is C13H12N2O3S. The summed E-state index contributed by atoms with van der Waals surface area (Å²) in [6.07, 6.45) is 7.20. The summed E-state index contributed by atoms with van der Waals surface area (Å²) in [5.41, 5.74) is -0.237. The molecule has 0 aliphatic heterocycles. The number of carbonyl (C=O) groups excluding carboxylic acids is 1. The summed E-state index contributed by atoms with van der Waals surface area (Å²) in [5, 5.41) is 0.536. The third-order valence-corrected chi connectivity index (χ3v) is 3.72. The highest BCUT2D eigenvalue weighted by molar-refractivity contribution is 7.18. The molecule has 0 bridgehead atoms. The molecule has 0 saturated heterocycles. The summed E-state index contributed by atoms with van der Waals surface area (Å²) < 4.78 is 5.96. The van der Waals surface area contributed by atoms with Gasteiger partial charge in [-0.25, -0.2) is 4.98 Å². The maximum absolute atomic E-state index is 12.1. The first kappa shape index (κ1) is 13.3. The maximum Gasteiger partial charge on any atom is 0.327 e. The quantitative estimate of drug-likeness (QED) is 0.622. The first-order valence-electron chi connectivity index (χ1n) is 5.72. The van der Waals surface area contributed by atoms with E-state index in [-0.39, 0.29) is 18.7 Å².